The molecule has 29 heavy (non-hydrogen) atoms. The number of carbonyl (C=O) groups is 1. The topological polar surface area (TPSA) is 63.9 Å². The highest BCUT2D eigenvalue weighted by Crippen LogP contribution is 2.44. The number of ether oxygens (including phenoxy) is 3. The molecule has 0 radical (unpaired) electrons. The molecule has 0 saturated carbocycles. The minimum Gasteiger partial charge on any atom is -0.490 e. The van der Waals surface area contributed by atoms with Crippen LogP contribution in [0.4, 0.5) is 0 Å². The molecule has 0 aliphatic carbocycles. The predicted octanol–water partition coefficient (Wildman–Crippen LogP) is 5.13. The zero-order chi connectivity index (χ0) is 19.8. The van der Waals surface area contributed by atoms with Gasteiger partial charge in [0.15, 0.2) is 0 Å². The van der Waals surface area contributed by atoms with Crippen molar-refractivity contribution in [1.82, 2.24) is 4.98 Å². The Morgan fingerprint density at radius 1 is 1.17 bits per heavy atom. The summed E-state index contributed by atoms with van der Waals surface area (Å²) in [5, 5.41) is 0. The Morgan fingerprint density at radius 3 is 2.69 bits per heavy atom. The lowest BCUT2D eigenvalue weighted by atomic mass is 10.0. The molecule has 1 aliphatic heterocycles. The molecule has 3 heterocycles. The van der Waals surface area contributed by atoms with Crippen molar-refractivity contribution in [2.45, 2.75) is 6.10 Å². The molecule has 0 unspecified atom stereocenters. The zero-order valence-corrected chi connectivity index (χ0v) is 16.6. The number of nitrogens with one attached hydrogen (secondary N) is 1. The van der Waals surface area contributed by atoms with Gasteiger partial charge in [-0.05, 0) is 23.8 Å². The molecular formula is C23H19NO4S. The quantitative estimate of drug-likeness (QED) is 0.357. The van der Waals surface area contributed by atoms with E-state index in [1.807, 2.05) is 48.5 Å². The number of esters is 1. The van der Waals surface area contributed by atoms with Gasteiger partial charge in [-0.15, -0.1) is 11.3 Å². The molecule has 5 nitrogen and oxygen atoms in total. The Bertz CT molecular complexity index is 1170. The van der Waals surface area contributed by atoms with Crippen LogP contribution in [0.3, 0.4) is 0 Å². The number of hydrogen-bond acceptors (Lipinski definition) is 5. The molecule has 1 atom stereocenters. The van der Waals surface area contributed by atoms with Gasteiger partial charge in [0.05, 0.1) is 29.6 Å². The van der Waals surface area contributed by atoms with Crippen LogP contribution in [0.1, 0.15) is 9.67 Å². The van der Waals surface area contributed by atoms with Crippen LogP contribution < -0.4 is 4.74 Å². The average Bonchev–Trinajstić information content (AvgIpc) is 3.40. The summed E-state index contributed by atoms with van der Waals surface area (Å²) in [5.41, 5.74) is 4.99. The first kappa shape index (κ1) is 18.0. The molecule has 0 bridgehead atoms. The molecule has 4 aromatic rings. The number of para-hydroxylation sites is 1. The molecule has 1 fully saturated rings. The van der Waals surface area contributed by atoms with Crippen LogP contribution in [0, 0.1) is 0 Å². The van der Waals surface area contributed by atoms with Gasteiger partial charge in [0, 0.05) is 11.1 Å². The van der Waals surface area contributed by atoms with Gasteiger partial charge in [-0.25, -0.2) is 4.79 Å². The van der Waals surface area contributed by atoms with Crippen LogP contribution in [0.15, 0.2) is 60.7 Å². The van der Waals surface area contributed by atoms with Gasteiger partial charge in [0.1, 0.15) is 23.3 Å². The first-order valence-electron chi connectivity index (χ1n) is 9.37. The molecule has 1 aliphatic rings. The Kier molecular flexibility index (Phi) is 4.58. The number of aromatic amines is 1. The third-order valence-corrected chi connectivity index (χ3v) is 6.03. The van der Waals surface area contributed by atoms with E-state index in [1.54, 1.807) is 0 Å². The number of H-pyrrole nitrogens is 1. The normalized spacial score (nSPS) is 15.4. The summed E-state index contributed by atoms with van der Waals surface area (Å²) in [6.07, 6.45) is 0.186. The van der Waals surface area contributed by atoms with Crippen molar-refractivity contribution in [2.24, 2.45) is 0 Å². The summed E-state index contributed by atoms with van der Waals surface area (Å²) in [6.45, 7) is 1.30. The second kappa shape index (κ2) is 7.39. The molecule has 2 aromatic heterocycles. The standard InChI is InChI=1S/C23H19NO4S/c1-26-23(25)19-11-17-22(29-19)20(14-7-3-2-4-8-14)21(24-17)16-9-5-6-10-18(16)28-13-15-12-27-15/h2-11,15,24H,12-13H2,1H3/t15-/m0/s1. The number of fused-ring (bicyclic) bond motifs is 1. The number of benzene rings is 2. The van der Waals surface area contributed by atoms with E-state index in [1.165, 1.54) is 18.4 Å². The van der Waals surface area contributed by atoms with E-state index in [-0.39, 0.29) is 12.1 Å². The highest BCUT2D eigenvalue weighted by molar-refractivity contribution is 7.21. The Labute approximate surface area is 171 Å². The summed E-state index contributed by atoms with van der Waals surface area (Å²) < 4.78 is 17.2. The molecule has 0 amide bonds. The number of epoxide rings is 1. The molecule has 6 heteroatoms. The Hall–Kier alpha value is -3.09. The monoisotopic (exact) mass is 405 g/mol. The van der Waals surface area contributed by atoms with Crippen molar-refractivity contribution in [3.8, 4) is 28.1 Å². The van der Waals surface area contributed by atoms with Crippen molar-refractivity contribution in [2.75, 3.05) is 20.3 Å². The Morgan fingerprint density at radius 2 is 1.93 bits per heavy atom. The first-order valence-corrected chi connectivity index (χ1v) is 10.2. The molecule has 1 saturated heterocycles. The molecule has 0 spiro atoms. The fourth-order valence-corrected chi connectivity index (χ4v) is 4.52. The summed E-state index contributed by atoms with van der Waals surface area (Å²) >= 11 is 1.43. The maximum absolute atomic E-state index is 12.0. The van der Waals surface area contributed by atoms with Crippen molar-refractivity contribution >= 4 is 27.5 Å². The van der Waals surface area contributed by atoms with Crippen LogP contribution in [0.2, 0.25) is 0 Å². The zero-order valence-electron chi connectivity index (χ0n) is 15.8. The largest absolute Gasteiger partial charge is 0.490 e. The van der Waals surface area contributed by atoms with Crippen molar-refractivity contribution in [3.63, 3.8) is 0 Å². The summed E-state index contributed by atoms with van der Waals surface area (Å²) in [5.74, 6) is 0.482. The highest BCUT2D eigenvalue weighted by atomic mass is 32.1. The van der Waals surface area contributed by atoms with E-state index in [2.05, 4.69) is 17.1 Å². The molecule has 1 N–H and O–H groups in total. The number of hydrogen-bond donors (Lipinski definition) is 1. The molecule has 2 aromatic carbocycles. The van der Waals surface area contributed by atoms with Gasteiger partial charge < -0.3 is 19.2 Å². The lowest BCUT2D eigenvalue weighted by molar-refractivity contribution is 0.0606. The first-order chi connectivity index (χ1) is 14.2. The maximum Gasteiger partial charge on any atom is 0.348 e. The van der Waals surface area contributed by atoms with Gasteiger partial charge in [-0.2, -0.15) is 0 Å². The van der Waals surface area contributed by atoms with Crippen molar-refractivity contribution in [3.05, 3.63) is 65.5 Å². The van der Waals surface area contributed by atoms with Gasteiger partial charge >= 0.3 is 5.97 Å². The van der Waals surface area contributed by atoms with E-state index in [9.17, 15) is 4.79 Å². The van der Waals surface area contributed by atoms with Gasteiger partial charge in [-0.1, -0.05) is 42.5 Å². The average molecular weight is 405 g/mol. The van der Waals surface area contributed by atoms with Crippen LogP contribution >= 0.6 is 11.3 Å². The minimum absolute atomic E-state index is 0.186. The summed E-state index contributed by atoms with van der Waals surface area (Å²) in [7, 11) is 1.40. The number of methoxy groups -OCH3 is 1. The number of rotatable bonds is 6. The fraction of sp³-hybridized carbons (Fsp3) is 0.174. The Balaban J connectivity index is 1.68. The van der Waals surface area contributed by atoms with E-state index in [0.717, 1.165) is 45.0 Å². The second-order valence-corrected chi connectivity index (χ2v) is 7.90. The van der Waals surface area contributed by atoms with Crippen LogP contribution in [-0.2, 0) is 9.47 Å². The summed E-state index contributed by atoms with van der Waals surface area (Å²) in [4.78, 5) is 16.1. The third kappa shape index (κ3) is 3.41. The number of thiophene rings is 1. The molecular weight excluding hydrogens is 386 g/mol. The highest BCUT2D eigenvalue weighted by Gasteiger charge is 2.25. The van der Waals surface area contributed by atoms with Crippen molar-refractivity contribution in [1.29, 1.82) is 0 Å². The van der Waals surface area contributed by atoms with Gasteiger partial charge in [-0.3, -0.25) is 0 Å². The van der Waals surface area contributed by atoms with E-state index >= 15 is 0 Å². The van der Waals surface area contributed by atoms with Gasteiger partial charge in [0.2, 0.25) is 0 Å². The van der Waals surface area contributed by atoms with E-state index in [0.29, 0.717) is 11.5 Å². The maximum atomic E-state index is 12.0. The smallest absolute Gasteiger partial charge is 0.348 e. The van der Waals surface area contributed by atoms with Gasteiger partial charge in [0.25, 0.3) is 0 Å². The lowest BCUT2D eigenvalue weighted by Crippen LogP contribution is -2.05. The van der Waals surface area contributed by atoms with Crippen LogP contribution in [-0.4, -0.2) is 37.4 Å². The second-order valence-electron chi connectivity index (χ2n) is 6.85. The lowest BCUT2D eigenvalue weighted by Gasteiger charge is -2.12. The molecule has 5 rings (SSSR count). The third-order valence-electron chi connectivity index (χ3n) is 4.90. The minimum atomic E-state index is -0.326. The predicted molar refractivity (Wildman–Crippen MR) is 114 cm³/mol. The van der Waals surface area contributed by atoms with Crippen LogP contribution in [0.5, 0.6) is 5.75 Å². The number of aromatic nitrogens is 1. The molecule has 146 valence electrons. The fourth-order valence-electron chi connectivity index (χ4n) is 3.41. The van der Waals surface area contributed by atoms with E-state index < -0.39 is 0 Å². The number of carbonyl (C=O) groups excluding carboxylic acids is 1. The summed E-state index contributed by atoms with van der Waals surface area (Å²) in [6, 6.07) is 20.0. The van der Waals surface area contributed by atoms with Crippen molar-refractivity contribution < 1.29 is 19.0 Å². The SMILES string of the molecule is COC(=O)c1cc2[nH]c(-c3ccccc3OC[C@@H]3CO3)c(-c3ccccc3)c2s1. The van der Waals surface area contributed by atoms with E-state index in [4.69, 9.17) is 14.2 Å². The van der Waals surface area contributed by atoms with Crippen LogP contribution in [0.25, 0.3) is 32.6 Å².